The lowest BCUT2D eigenvalue weighted by atomic mass is 10.2. The van der Waals surface area contributed by atoms with Crippen LogP contribution < -0.4 is 9.64 Å². The van der Waals surface area contributed by atoms with Gasteiger partial charge in [-0.1, -0.05) is 32.1 Å². The summed E-state index contributed by atoms with van der Waals surface area (Å²) in [6.45, 7) is 7.72. The molecule has 0 fully saturated rings. The largest absolute Gasteiger partial charge is 0.466 e. The van der Waals surface area contributed by atoms with Crippen molar-refractivity contribution in [1.29, 1.82) is 0 Å². The summed E-state index contributed by atoms with van der Waals surface area (Å²) in [4.78, 5) is 63.1. The van der Waals surface area contributed by atoms with Gasteiger partial charge in [-0.15, -0.1) is 0 Å². The molecular formula is C28H35N3O8. The van der Waals surface area contributed by atoms with E-state index in [-0.39, 0.29) is 38.3 Å². The van der Waals surface area contributed by atoms with Crippen molar-refractivity contribution in [2.24, 2.45) is 0 Å². The third-order valence-electron chi connectivity index (χ3n) is 5.74. The maximum atomic E-state index is 13.2. The number of carbonyl (C=O) groups excluding carboxylic acids is 5. The molecule has 2 rings (SSSR count). The summed E-state index contributed by atoms with van der Waals surface area (Å²) < 4.78 is 15.6. The molecule has 1 aromatic carbocycles. The van der Waals surface area contributed by atoms with Gasteiger partial charge in [-0.3, -0.25) is 24.2 Å². The average molecular weight is 542 g/mol. The molecule has 4 amide bonds. The molecule has 1 aliphatic heterocycles. The predicted molar refractivity (Wildman–Crippen MR) is 143 cm³/mol. The van der Waals surface area contributed by atoms with E-state index in [2.05, 4.69) is 11.3 Å². The van der Waals surface area contributed by atoms with Gasteiger partial charge in [0, 0.05) is 24.7 Å². The predicted octanol–water partition coefficient (Wildman–Crippen LogP) is 3.56. The first kappa shape index (κ1) is 30.8. The summed E-state index contributed by atoms with van der Waals surface area (Å²) in [6, 6.07) is 6.72. The number of allylic oxidation sites excluding steroid dienone is 2. The number of carbonyl (C=O) groups is 5. The average Bonchev–Trinajstić information content (AvgIpc) is 3.30. The van der Waals surface area contributed by atoms with E-state index >= 15 is 0 Å². The third kappa shape index (κ3) is 9.13. The molecule has 0 N–H and O–H groups in total. The van der Waals surface area contributed by atoms with E-state index in [1.165, 1.54) is 0 Å². The summed E-state index contributed by atoms with van der Waals surface area (Å²) in [5.41, 5.74) is 1.13. The van der Waals surface area contributed by atoms with Crippen LogP contribution in [0.1, 0.15) is 39.5 Å². The van der Waals surface area contributed by atoms with Gasteiger partial charge >= 0.3 is 12.0 Å². The van der Waals surface area contributed by atoms with Crippen molar-refractivity contribution in [2.75, 3.05) is 37.7 Å². The van der Waals surface area contributed by atoms with Crippen LogP contribution in [0, 0.1) is 0 Å². The molecule has 0 aromatic heterocycles. The number of ether oxygens (including phenoxy) is 3. The van der Waals surface area contributed by atoms with Gasteiger partial charge in [-0.05, 0) is 50.5 Å². The molecule has 11 nitrogen and oxygen atoms in total. The number of imide groups is 2. The Morgan fingerprint density at radius 1 is 1.08 bits per heavy atom. The molecular weight excluding hydrogens is 506 g/mol. The van der Waals surface area contributed by atoms with Crippen molar-refractivity contribution >= 4 is 36.5 Å². The number of nitrogens with zero attached hydrogens (tertiary/aromatic N) is 3. The highest BCUT2D eigenvalue weighted by Gasteiger charge is 2.28. The number of esters is 1. The summed E-state index contributed by atoms with van der Waals surface area (Å²) in [6.07, 6.45) is 7.28. The normalized spacial score (nSPS) is 13.2. The highest BCUT2D eigenvalue weighted by Crippen LogP contribution is 2.38. The topological polar surface area (TPSA) is 123 Å². The number of hydrogen-bond acceptors (Lipinski definition) is 9. The molecule has 0 radical (unpaired) electrons. The second kappa shape index (κ2) is 16.4. The van der Waals surface area contributed by atoms with Crippen LogP contribution >= 0.6 is 0 Å². The van der Waals surface area contributed by atoms with Crippen LogP contribution in [-0.4, -0.2) is 73.4 Å². The van der Waals surface area contributed by atoms with E-state index in [0.717, 1.165) is 28.0 Å². The van der Waals surface area contributed by atoms with Crippen molar-refractivity contribution in [2.45, 2.75) is 39.5 Å². The maximum absolute atomic E-state index is 13.2. The quantitative estimate of drug-likeness (QED) is 0.134. The third-order valence-corrected chi connectivity index (χ3v) is 5.74. The number of unbranched alkanes of at least 4 members (excludes halogenated alkanes) is 2. The Labute approximate surface area is 228 Å². The molecule has 0 unspecified atom stereocenters. The first-order valence-corrected chi connectivity index (χ1v) is 12.7. The summed E-state index contributed by atoms with van der Waals surface area (Å²) in [7, 11) is 0. The number of urea groups is 1. The smallest absolute Gasteiger partial charge is 0.333 e. The minimum atomic E-state index is -0.790. The zero-order valence-corrected chi connectivity index (χ0v) is 22.4. The van der Waals surface area contributed by atoms with Crippen molar-refractivity contribution < 1.29 is 38.2 Å². The molecule has 39 heavy (non-hydrogen) atoms. The first-order valence-electron chi connectivity index (χ1n) is 12.7. The fourth-order valence-corrected chi connectivity index (χ4v) is 3.64. The van der Waals surface area contributed by atoms with Gasteiger partial charge in [0.2, 0.25) is 12.3 Å². The Balaban J connectivity index is 2.18. The highest BCUT2D eigenvalue weighted by atomic mass is 16.5. The van der Waals surface area contributed by atoms with Gasteiger partial charge in [0.25, 0.3) is 12.4 Å². The Hall–Kier alpha value is -4.41. The standard InChI is InChI=1S/C28H35N3O8/c1-4-6-15-31(28(36)29(20-32)17-19-37-21-33)27(35)22(3)13-14-25-30(16-9-10-18-38-26(34)5-2)23-11-7-8-12-24(23)39-25/h5,7-8,11-14,20-21H,2,4,6,9-10,15-19H2,1,3H3/b22-13-,25-14+. The van der Waals surface area contributed by atoms with E-state index in [1.807, 2.05) is 36.1 Å². The number of benzene rings is 1. The van der Waals surface area contributed by atoms with Gasteiger partial charge in [-0.2, -0.15) is 0 Å². The number of rotatable bonds is 16. The monoisotopic (exact) mass is 541 g/mol. The molecule has 11 heteroatoms. The van der Waals surface area contributed by atoms with Crippen LogP contribution in [0.3, 0.4) is 0 Å². The molecule has 0 spiro atoms. The Morgan fingerprint density at radius 3 is 2.54 bits per heavy atom. The lowest BCUT2D eigenvalue weighted by Crippen LogP contribution is -2.47. The summed E-state index contributed by atoms with van der Waals surface area (Å²) in [5, 5.41) is 0. The number of hydrogen-bond donors (Lipinski definition) is 0. The fraction of sp³-hybridized carbons (Fsp3) is 0.393. The minimum Gasteiger partial charge on any atom is -0.466 e. The number of amides is 4. The first-order chi connectivity index (χ1) is 18.9. The van der Waals surface area contributed by atoms with Gasteiger partial charge < -0.3 is 19.1 Å². The van der Waals surface area contributed by atoms with Crippen molar-refractivity contribution in [3.63, 3.8) is 0 Å². The van der Waals surface area contributed by atoms with Gasteiger partial charge in [-0.25, -0.2) is 9.59 Å². The molecule has 0 saturated heterocycles. The number of para-hydroxylation sites is 2. The van der Waals surface area contributed by atoms with Crippen molar-refractivity contribution in [1.82, 2.24) is 9.80 Å². The second-order valence-electron chi connectivity index (χ2n) is 8.51. The van der Waals surface area contributed by atoms with E-state index < -0.39 is 17.9 Å². The van der Waals surface area contributed by atoms with E-state index in [0.29, 0.717) is 43.8 Å². The van der Waals surface area contributed by atoms with Crippen LogP contribution in [0.25, 0.3) is 0 Å². The Kier molecular flexibility index (Phi) is 13.0. The zero-order valence-electron chi connectivity index (χ0n) is 22.4. The molecule has 0 aliphatic carbocycles. The fourth-order valence-electron chi connectivity index (χ4n) is 3.64. The number of anilines is 1. The molecule has 1 aliphatic rings. The number of fused-ring (bicyclic) bond motifs is 1. The Morgan fingerprint density at radius 2 is 1.85 bits per heavy atom. The Bertz CT molecular complexity index is 1100. The van der Waals surface area contributed by atoms with E-state index in [4.69, 9.17) is 9.47 Å². The molecule has 0 atom stereocenters. The van der Waals surface area contributed by atoms with Crippen LogP contribution in [-0.2, 0) is 28.7 Å². The minimum absolute atomic E-state index is 0.124. The second-order valence-corrected chi connectivity index (χ2v) is 8.51. The van der Waals surface area contributed by atoms with Crippen LogP contribution in [0.4, 0.5) is 10.5 Å². The van der Waals surface area contributed by atoms with Crippen molar-refractivity contribution in [3.8, 4) is 5.75 Å². The lowest BCUT2D eigenvalue weighted by molar-refractivity contribution is -0.138. The highest BCUT2D eigenvalue weighted by molar-refractivity contribution is 6.05. The SMILES string of the molecule is C=CC(=O)OCCCCN1/C(=C\C=C(\C)C(=O)N(CCCC)C(=O)N(C=O)CCOC=O)Oc2ccccc21. The summed E-state index contributed by atoms with van der Waals surface area (Å²) in [5.74, 6) is 0.142. The summed E-state index contributed by atoms with van der Waals surface area (Å²) >= 11 is 0. The van der Waals surface area contributed by atoms with E-state index in [1.54, 1.807) is 19.1 Å². The zero-order chi connectivity index (χ0) is 28.6. The molecule has 0 saturated carbocycles. The molecule has 210 valence electrons. The van der Waals surface area contributed by atoms with E-state index in [9.17, 15) is 24.0 Å². The maximum Gasteiger partial charge on any atom is 0.333 e. The van der Waals surface area contributed by atoms with Gasteiger partial charge in [0.15, 0.2) is 5.75 Å². The van der Waals surface area contributed by atoms with Gasteiger partial charge in [0.1, 0.15) is 6.61 Å². The van der Waals surface area contributed by atoms with Crippen LogP contribution in [0.5, 0.6) is 5.75 Å². The lowest BCUT2D eigenvalue weighted by Gasteiger charge is -2.25. The molecule has 1 heterocycles. The van der Waals surface area contributed by atoms with Crippen molar-refractivity contribution in [3.05, 3.63) is 60.5 Å². The molecule has 0 bridgehead atoms. The van der Waals surface area contributed by atoms with Gasteiger partial charge in [0.05, 0.1) is 18.8 Å². The molecule has 1 aromatic rings. The van der Waals surface area contributed by atoms with Crippen LogP contribution in [0.15, 0.2) is 60.5 Å². The van der Waals surface area contributed by atoms with Crippen LogP contribution in [0.2, 0.25) is 0 Å².